The summed E-state index contributed by atoms with van der Waals surface area (Å²) in [5.74, 6) is -2.97. The summed E-state index contributed by atoms with van der Waals surface area (Å²) in [5, 5.41) is 43.7. The Balaban J connectivity index is 3.26. The Kier molecular flexibility index (Phi) is 6.98. The summed E-state index contributed by atoms with van der Waals surface area (Å²) < 4.78 is 5.14. The number of ether oxygens (including phenoxy) is 1. The Bertz CT molecular complexity index is 559. The van der Waals surface area contributed by atoms with Crippen LogP contribution in [0.1, 0.15) is 13.8 Å². The lowest BCUT2D eigenvalue weighted by atomic mass is 9.92. The monoisotopic (exact) mass is 344 g/mol. The fourth-order valence-electron chi connectivity index (χ4n) is 2.11. The largest absolute Gasteiger partial charge is 0.478 e. The number of carbonyl (C=O) groups excluding carboxylic acids is 1. The summed E-state index contributed by atoms with van der Waals surface area (Å²) in [4.78, 5) is 25.7. The van der Waals surface area contributed by atoms with E-state index in [4.69, 9.17) is 20.5 Å². The number of rotatable bonds is 7. The van der Waals surface area contributed by atoms with Gasteiger partial charge in [0.2, 0.25) is 11.7 Å². The van der Waals surface area contributed by atoms with Gasteiger partial charge in [-0.1, -0.05) is 19.0 Å². The van der Waals surface area contributed by atoms with Gasteiger partial charge in [-0.3, -0.25) is 4.79 Å². The molecule has 1 aliphatic rings. The topological polar surface area (TPSA) is 185 Å². The Morgan fingerprint density at radius 1 is 1.46 bits per heavy atom. The number of carboxylic acid groups (broad SMARTS) is 1. The zero-order chi connectivity index (χ0) is 18.4. The highest BCUT2D eigenvalue weighted by Crippen LogP contribution is 2.25. The normalized spacial score (nSPS) is 25.8. The van der Waals surface area contributed by atoms with E-state index in [1.54, 1.807) is 13.8 Å². The first-order valence-corrected chi connectivity index (χ1v) is 7.16. The van der Waals surface area contributed by atoms with Crippen molar-refractivity contribution in [3.8, 4) is 0 Å². The molecule has 0 spiro atoms. The van der Waals surface area contributed by atoms with E-state index in [2.05, 4.69) is 15.3 Å². The van der Waals surface area contributed by atoms with Gasteiger partial charge in [0.25, 0.3) is 0 Å². The molecule has 24 heavy (non-hydrogen) atoms. The third-order valence-electron chi connectivity index (χ3n) is 3.45. The van der Waals surface area contributed by atoms with Crippen molar-refractivity contribution in [3.63, 3.8) is 0 Å². The predicted octanol–water partition coefficient (Wildman–Crippen LogP) is -1.11. The molecule has 0 radical (unpaired) electrons. The van der Waals surface area contributed by atoms with E-state index in [1.807, 2.05) is 0 Å². The molecule has 0 bridgehead atoms. The SMILES string of the molecule is CC(C)C(=O)N[C@@H]1C(N=[N+]=[N-])C=C(C(=O)O)O[C@H]1[C@H](O)[C@H](O)CO. The minimum Gasteiger partial charge on any atom is -0.478 e. The number of azide groups is 1. The second-order valence-corrected chi connectivity index (χ2v) is 5.54. The van der Waals surface area contributed by atoms with Crippen LogP contribution in [-0.2, 0) is 14.3 Å². The van der Waals surface area contributed by atoms with Gasteiger partial charge in [0.15, 0.2) is 0 Å². The number of carboxylic acids is 1. The average Bonchev–Trinajstić information content (AvgIpc) is 2.54. The zero-order valence-corrected chi connectivity index (χ0v) is 13.1. The van der Waals surface area contributed by atoms with Crippen LogP contribution in [0.4, 0.5) is 0 Å². The van der Waals surface area contributed by atoms with Crippen molar-refractivity contribution >= 4 is 11.9 Å². The molecule has 0 saturated carbocycles. The maximum absolute atomic E-state index is 12.0. The molecule has 0 fully saturated rings. The number of hydrogen-bond donors (Lipinski definition) is 5. The van der Waals surface area contributed by atoms with Gasteiger partial charge in [-0.25, -0.2) is 4.79 Å². The van der Waals surface area contributed by atoms with Crippen LogP contribution in [-0.4, -0.2) is 69.3 Å². The summed E-state index contributed by atoms with van der Waals surface area (Å²) >= 11 is 0. The van der Waals surface area contributed by atoms with Crippen LogP contribution in [0, 0.1) is 5.92 Å². The first-order chi connectivity index (χ1) is 11.2. The molecule has 11 heteroatoms. The van der Waals surface area contributed by atoms with Crippen molar-refractivity contribution < 1.29 is 34.8 Å². The second-order valence-electron chi connectivity index (χ2n) is 5.54. The molecule has 11 nitrogen and oxygen atoms in total. The van der Waals surface area contributed by atoms with E-state index in [0.717, 1.165) is 6.08 Å². The van der Waals surface area contributed by atoms with E-state index in [0.29, 0.717) is 0 Å². The summed E-state index contributed by atoms with van der Waals surface area (Å²) in [5.41, 5.74) is 8.66. The van der Waals surface area contributed by atoms with Crippen LogP contribution in [0.3, 0.4) is 0 Å². The fourth-order valence-corrected chi connectivity index (χ4v) is 2.11. The molecule has 1 amide bonds. The third kappa shape index (κ3) is 4.59. The fraction of sp³-hybridized carbons (Fsp3) is 0.692. The van der Waals surface area contributed by atoms with E-state index < -0.39 is 60.6 Å². The molecular weight excluding hydrogens is 324 g/mol. The number of aliphatic carboxylic acids is 1. The molecule has 1 unspecified atom stereocenters. The van der Waals surface area contributed by atoms with Crippen LogP contribution in [0.5, 0.6) is 0 Å². The van der Waals surface area contributed by atoms with Crippen molar-refractivity contribution in [3.05, 3.63) is 22.3 Å². The second kappa shape index (κ2) is 8.50. The Labute approximate surface area is 137 Å². The molecule has 134 valence electrons. The first kappa shape index (κ1) is 19.7. The van der Waals surface area contributed by atoms with E-state index in [-0.39, 0.29) is 0 Å². The lowest BCUT2D eigenvalue weighted by molar-refractivity contribution is -0.146. The quantitative estimate of drug-likeness (QED) is 0.220. The van der Waals surface area contributed by atoms with Gasteiger partial charge < -0.3 is 30.5 Å². The van der Waals surface area contributed by atoms with Gasteiger partial charge >= 0.3 is 5.97 Å². The number of carbonyl (C=O) groups is 2. The molecule has 0 saturated heterocycles. The van der Waals surface area contributed by atoms with Crippen molar-refractivity contribution in [2.24, 2.45) is 11.0 Å². The van der Waals surface area contributed by atoms with E-state index in [1.165, 1.54) is 0 Å². The summed E-state index contributed by atoms with van der Waals surface area (Å²) in [7, 11) is 0. The highest BCUT2D eigenvalue weighted by molar-refractivity contribution is 5.85. The Morgan fingerprint density at radius 2 is 2.08 bits per heavy atom. The van der Waals surface area contributed by atoms with Crippen molar-refractivity contribution in [2.75, 3.05) is 6.61 Å². The molecular formula is C13H20N4O7. The number of hydrogen-bond acceptors (Lipinski definition) is 7. The lowest BCUT2D eigenvalue weighted by Crippen LogP contribution is -2.60. The standard InChI is InChI=1S/C13H20N4O7/c1-5(2)12(21)15-9-6(16-17-14)3-8(13(22)23)24-11(9)10(20)7(19)4-18/h3,5-7,9-11,18-20H,4H2,1-2H3,(H,15,21)(H,22,23)/t6?,7-,9-,10-,11-/m1/s1. The molecule has 0 aromatic rings. The zero-order valence-electron chi connectivity index (χ0n) is 13.1. The van der Waals surface area contributed by atoms with Gasteiger partial charge in [0, 0.05) is 10.8 Å². The summed E-state index contributed by atoms with van der Waals surface area (Å²) in [6.45, 7) is 2.40. The van der Waals surface area contributed by atoms with Crippen LogP contribution in [0.15, 0.2) is 16.9 Å². The molecule has 1 rings (SSSR count). The van der Waals surface area contributed by atoms with Crippen molar-refractivity contribution in [1.29, 1.82) is 0 Å². The predicted molar refractivity (Wildman–Crippen MR) is 79.4 cm³/mol. The number of aliphatic hydroxyl groups is 3. The molecule has 5 N–H and O–H groups in total. The van der Waals surface area contributed by atoms with Crippen molar-refractivity contribution in [2.45, 2.75) is 44.2 Å². The average molecular weight is 344 g/mol. The molecule has 0 aromatic heterocycles. The van der Waals surface area contributed by atoms with Crippen LogP contribution in [0.2, 0.25) is 0 Å². The van der Waals surface area contributed by atoms with Crippen LogP contribution >= 0.6 is 0 Å². The molecule has 0 aliphatic carbocycles. The molecule has 5 atom stereocenters. The van der Waals surface area contributed by atoms with Gasteiger partial charge in [-0.05, 0) is 11.6 Å². The van der Waals surface area contributed by atoms with Gasteiger partial charge in [-0.15, -0.1) is 0 Å². The van der Waals surface area contributed by atoms with Gasteiger partial charge in [-0.2, -0.15) is 0 Å². The number of nitrogens with one attached hydrogen (secondary N) is 1. The third-order valence-corrected chi connectivity index (χ3v) is 3.45. The van der Waals surface area contributed by atoms with Crippen molar-refractivity contribution in [1.82, 2.24) is 5.32 Å². The number of nitrogens with zero attached hydrogens (tertiary/aromatic N) is 3. The smallest absolute Gasteiger partial charge is 0.370 e. The molecule has 1 aliphatic heterocycles. The minimum absolute atomic E-state index is 0.442. The van der Waals surface area contributed by atoms with Gasteiger partial charge in [0.05, 0.1) is 18.7 Å². The van der Waals surface area contributed by atoms with Gasteiger partial charge in [0.1, 0.15) is 18.3 Å². The molecule has 1 heterocycles. The highest BCUT2D eigenvalue weighted by Gasteiger charge is 2.43. The van der Waals surface area contributed by atoms with Crippen LogP contribution in [0.25, 0.3) is 10.4 Å². The van der Waals surface area contributed by atoms with E-state index >= 15 is 0 Å². The maximum atomic E-state index is 12.0. The van der Waals surface area contributed by atoms with Crippen LogP contribution < -0.4 is 5.32 Å². The molecule has 0 aromatic carbocycles. The highest BCUT2D eigenvalue weighted by atomic mass is 16.5. The Morgan fingerprint density at radius 3 is 2.54 bits per heavy atom. The minimum atomic E-state index is -1.73. The first-order valence-electron chi connectivity index (χ1n) is 7.16. The summed E-state index contributed by atoms with van der Waals surface area (Å²) in [6.07, 6.45) is -3.82. The number of amides is 1. The number of aliphatic hydroxyl groups excluding tert-OH is 3. The lowest BCUT2D eigenvalue weighted by Gasteiger charge is -2.38. The summed E-state index contributed by atoms with van der Waals surface area (Å²) in [6, 6.07) is -2.29. The van der Waals surface area contributed by atoms with E-state index in [9.17, 15) is 19.8 Å². The Hall–Kier alpha value is -2.33. The maximum Gasteiger partial charge on any atom is 0.370 e.